The molecule has 0 aromatic carbocycles. The van der Waals surface area contributed by atoms with Gasteiger partial charge in [0.15, 0.2) is 0 Å². The van der Waals surface area contributed by atoms with E-state index in [0.717, 1.165) is 25.7 Å². The Balaban J connectivity index is 1.81. The molecule has 2 rings (SSSR count). The molecular formula is C13H22N2O3. The number of urea groups is 1. The summed E-state index contributed by atoms with van der Waals surface area (Å²) in [7, 11) is 0. The van der Waals surface area contributed by atoms with Crippen molar-refractivity contribution < 1.29 is 14.7 Å². The van der Waals surface area contributed by atoms with Crippen LogP contribution in [0, 0.1) is 11.3 Å². The molecule has 2 aliphatic carbocycles. The summed E-state index contributed by atoms with van der Waals surface area (Å²) in [6.07, 6.45) is 5.34. The van der Waals surface area contributed by atoms with Crippen LogP contribution in [-0.2, 0) is 4.79 Å². The van der Waals surface area contributed by atoms with E-state index in [1.54, 1.807) is 0 Å². The van der Waals surface area contributed by atoms with Gasteiger partial charge >= 0.3 is 12.0 Å². The molecular weight excluding hydrogens is 232 g/mol. The molecule has 2 aliphatic rings. The molecule has 0 aliphatic heterocycles. The molecule has 2 amide bonds. The van der Waals surface area contributed by atoms with Crippen molar-refractivity contribution in [3.8, 4) is 0 Å². The molecule has 0 bridgehead atoms. The van der Waals surface area contributed by atoms with Gasteiger partial charge in [-0.3, -0.25) is 4.79 Å². The van der Waals surface area contributed by atoms with E-state index < -0.39 is 11.4 Å². The lowest BCUT2D eigenvalue weighted by molar-refractivity contribution is -0.150. The van der Waals surface area contributed by atoms with E-state index in [2.05, 4.69) is 17.6 Å². The first kappa shape index (κ1) is 13.2. The number of hydrogen-bond donors (Lipinski definition) is 3. The molecule has 2 atom stereocenters. The average molecular weight is 254 g/mol. The highest BCUT2D eigenvalue weighted by atomic mass is 16.4. The number of rotatable bonds is 4. The zero-order chi connectivity index (χ0) is 13.2. The van der Waals surface area contributed by atoms with E-state index in [9.17, 15) is 14.7 Å². The SMILES string of the molecule is CC1CC1NC(=O)NCC1(C(=O)O)CCCCC1. The maximum Gasteiger partial charge on any atom is 0.315 e. The minimum atomic E-state index is -0.776. The van der Waals surface area contributed by atoms with Crippen LogP contribution in [0.5, 0.6) is 0 Å². The third kappa shape index (κ3) is 2.94. The Kier molecular flexibility index (Phi) is 3.78. The van der Waals surface area contributed by atoms with E-state index in [4.69, 9.17) is 0 Å². The van der Waals surface area contributed by atoms with Gasteiger partial charge in [-0.15, -0.1) is 0 Å². The Morgan fingerprint density at radius 3 is 2.39 bits per heavy atom. The summed E-state index contributed by atoms with van der Waals surface area (Å²) in [4.78, 5) is 23.0. The van der Waals surface area contributed by atoms with Crippen molar-refractivity contribution >= 4 is 12.0 Å². The van der Waals surface area contributed by atoms with Crippen molar-refractivity contribution in [3.63, 3.8) is 0 Å². The van der Waals surface area contributed by atoms with Gasteiger partial charge in [0.2, 0.25) is 0 Å². The predicted octanol–water partition coefficient (Wildman–Crippen LogP) is 1.73. The molecule has 0 saturated heterocycles. The second-order valence-corrected chi connectivity index (χ2v) is 5.79. The van der Waals surface area contributed by atoms with Crippen LogP contribution in [0.25, 0.3) is 0 Å². The topological polar surface area (TPSA) is 78.4 Å². The number of carbonyl (C=O) groups is 2. The first-order chi connectivity index (χ1) is 8.53. The highest BCUT2D eigenvalue weighted by Gasteiger charge is 2.40. The molecule has 5 heteroatoms. The minimum absolute atomic E-state index is 0.226. The fourth-order valence-electron chi connectivity index (χ4n) is 2.69. The summed E-state index contributed by atoms with van der Waals surface area (Å²) in [6.45, 7) is 2.33. The van der Waals surface area contributed by atoms with E-state index in [-0.39, 0.29) is 18.6 Å². The van der Waals surface area contributed by atoms with Crippen molar-refractivity contribution in [2.45, 2.75) is 51.5 Å². The van der Waals surface area contributed by atoms with Gasteiger partial charge in [0.05, 0.1) is 5.41 Å². The van der Waals surface area contributed by atoms with Crippen LogP contribution in [-0.4, -0.2) is 29.7 Å². The lowest BCUT2D eigenvalue weighted by Gasteiger charge is -2.33. The lowest BCUT2D eigenvalue weighted by atomic mass is 9.74. The summed E-state index contributed by atoms with van der Waals surface area (Å²) in [6, 6.07) is 0.0488. The number of carboxylic acid groups (broad SMARTS) is 1. The Labute approximate surface area is 107 Å². The number of hydrogen-bond acceptors (Lipinski definition) is 2. The standard InChI is InChI=1S/C13H22N2O3/c1-9-7-10(9)15-12(18)14-8-13(11(16)17)5-3-2-4-6-13/h9-10H,2-8H2,1H3,(H,16,17)(H2,14,15,18). The molecule has 0 spiro atoms. The van der Waals surface area contributed by atoms with Gasteiger partial charge in [0, 0.05) is 12.6 Å². The largest absolute Gasteiger partial charge is 0.481 e. The fourth-order valence-corrected chi connectivity index (χ4v) is 2.69. The average Bonchev–Trinajstić information content (AvgIpc) is 3.03. The zero-order valence-corrected chi connectivity index (χ0v) is 10.9. The number of carboxylic acids is 1. The molecule has 102 valence electrons. The first-order valence-electron chi connectivity index (χ1n) is 6.81. The molecule has 0 aromatic heterocycles. The molecule has 18 heavy (non-hydrogen) atoms. The third-order valence-corrected chi connectivity index (χ3v) is 4.28. The van der Waals surface area contributed by atoms with E-state index >= 15 is 0 Å². The molecule has 0 aromatic rings. The van der Waals surface area contributed by atoms with Crippen molar-refractivity contribution in [1.29, 1.82) is 0 Å². The highest BCUT2D eigenvalue weighted by Crippen LogP contribution is 2.36. The van der Waals surface area contributed by atoms with E-state index in [0.29, 0.717) is 18.8 Å². The summed E-state index contributed by atoms with van der Waals surface area (Å²) in [5, 5.41) is 15.0. The first-order valence-corrected chi connectivity index (χ1v) is 6.81. The Hall–Kier alpha value is -1.26. The third-order valence-electron chi connectivity index (χ3n) is 4.28. The van der Waals surface area contributed by atoms with Crippen LogP contribution in [0.1, 0.15) is 45.4 Å². The van der Waals surface area contributed by atoms with Crippen LogP contribution in [0.4, 0.5) is 4.79 Å². The number of carbonyl (C=O) groups excluding carboxylic acids is 1. The Morgan fingerprint density at radius 1 is 1.28 bits per heavy atom. The second kappa shape index (κ2) is 5.16. The van der Waals surface area contributed by atoms with Gasteiger partial charge < -0.3 is 15.7 Å². The van der Waals surface area contributed by atoms with Gasteiger partial charge in [0.25, 0.3) is 0 Å². The maximum atomic E-state index is 11.6. The van der Waals surface area contributed by atoms with Crippen molar-refractivity contribution in [1.82, 2.24) is 10.6 Å². The fraction of sp³-hybridized carbons (Fsp3) is 0.846. The smallest absolute Gasteiger partial charge is 0.315 e. The van der Waals surface area contributed by atoms with Crippen molar-refractivity contribution in [2.24, 2.45) is 11.3 Å². The quantitative estimate of drug-likeness (QED) is 0.715. The van der Waals surface area contributed by atoms with Crippen LogP contribution < -0.4 is 10.6 Å². The summed E-state index contributed by atoms with van der Waals surface area (Å²) >= 11 is 0. The predicted molar refractivity (Wildman–Crippen MR) is 67.3 cm³/mol. The van der Waals surface area contributed by atoms with Gasteiger partial charge in [-0.25, -0.2) is 4.79 Å². The molecule has 5 nitrogen and oxygen atoms in total. The van der Waals surface area contributed by atoms with Gasteiger partial charge in [-0.05, 0) is 25.2 Å². The maximum absolute atomic E-state index is 11.6. The van der Waals surface area contributed by atoms with Crippen LogP contribution in [0.3, 0.4) is 0 Å². The van der Waals surface area contributed by atoms with Crippen molar-refractivity contribution in [2.75, 3.05) is 6.54 Å². The van der Waals surface area contributed by atoms with E-state index in [1.807, 2.05) is 0 Å². The molecule has 2 fully saturated rings. The van der Waals surface area contributed by atoms with Gasteiger partial charge in [-0.1, -0.05) is 26.2 Å². The number of aliphatic carboxylic acids is 1. The summed E-state index contributed by atoms with van der Waals surface area (Å²) < 4.78 is 0. The normalized spacial score (nSPS) is 29.4. The zero-order valence-electron chi connectivity index (χ0n) is 10.9. The molecule has 3 N–H and O–H groups in total. The molecule has 2 unspecified atom stereocenters. The van der Waals surface area contributed by atoms with Crippen LogP contribution >= 0.6 is 0 Å². The van der Waals surface area contributed by atoms with E-state index in [1.165, 1.54) is 0 Å². The highest BCUT2D eigenvalue weighted by molar-refractivity contribution is 5.78. The Morgan fingerprint density at radius 2 is 1.89 bits per heavy atom. The number of amides is 2. The van der Waals surface area contributed by atoms with Crippen LogP contribution in [0.2, 0.25) is 0 Å². The monoisotopic (exact) mass is 254 g/mol. The van der Waals surface area contributed by atoms with Gasteiger partial charge in [0.1, 0.15) is 0 Å². The van der Waals surface area contributed by atoms with Crippen LogP contribution in [0.15, 0.2) is 0 Å². The lowest BCUT2D eigenvalue weighted by Crippen LogP contribution is -2.47. The molecule has 0 heterocycles. The number of nitrogens with one attached hydrogen (secondary N) is 2. The van der Waals surface area contributed by atoms with Gasteiger partial charge in [-0.2, -0.15) is 0 Å². The minimum Gasteiger partial charge on any atom is -0.481 e. The summed E-state index contributed by atoms with van der Waals surface area (Å²) in [5.74, 6) is -0.221. The summed E-state index contributed by atoms with van der Waals surface area (Å²) in [5.41, 5.74) is -0.745. The van der Waals surface area contributed by atoms with Crippen molar-refractivity contribution in [3.05, 3.63) is 0 Å². The molecule has 2 saturated carbocycles. The Bertz CT molecular complexity index is 337. The second-order valence-electron chi connectivity index (χ2n) is 5.79. The molecule has 0 radical (unpaired) electrons.